The van der Waals surface area contributed by atoms with Crippen molar-refractivity contribution in [1.29, 1.82) is 0 Å². The summed E-state index contributed by atoms with van der Waals surface area (Å²) in [6.07, 6.45) is 0. The highest BCUT2D eigenvalue weighted by Gasteiger charge is 2.14. The fourth-order valence-electron chi connectivity index (χ4n) is 1.83. The van der Waals surface area contributed by atoms with E-state index in [9.17, 15) is 8.42 Å². The monoisotopic (exact) mass is 369 g/mol. The molecule has 0 spiro atoms. The maximum atomic E-state index is 12.3. The molecule has 0 fully saturated rings. The van der Waals surface area contributed by atoms with E-state index in [2.05, 4.69) is 20.7 Å². The van der Waals surface area contributed by atoms with Crippen molar-refractivity contribution in [3.8, 4) is 5.75 Å². The Kier molecular flexibility index (Phi) is 5.03. The second kappa shape index (κ2) is 6.60. The number of hydrogen-bond acceptors (Lipinski definition) is 3. The van der Waals surface area contributed by atoms with Crippen molar-refractivity contribution in [1.82, 2.24) is 4.72 Å². The first-order chi connectivity index (χ1) is 9.92. The molecule has 21 heavy (non-hydrogen) atoms. The van der Waals surface area contributed by atoms with Crippen molar-refractivity contribution >= 4 is 26.0 Å². The van der Waals surface area contributed by atoms with Gasteiger partial charge in [0.05, 0.1) is 12.0 Å². The number of aryl methyl sites for hydroxylation is 1. The molecule has 0 bridgehead atoms. The molecular formula is C15H16BrNO3S. The summed E-state index contributed by atoms with van der Waals surface area (Å²) < 4.78 is 33.1. The summed E-state index contributed by atoms with van der Waals surface area (Å²) in [7, 11) is -1.95. The summed E-state index contributed by atoms with van der Waals surface area (Å²) in [5.41, 5.74) is 1.71. The number of nitrogens with one attached hydrogen (secondary N) is 1. The minimum absolute atomic E-state index is 0.217. The molecular weight excluding hydrogens is 354 g/mol. The van der Waals surface area contributed by atoms with E-state index < -0.39 is 10.0 Å². The Hall–Kier alpha value is -1.37. The van der Waals surface area contributed by atoms with Crippen LogP contribution in [0.4, 0.5) is 0 Å². The highest BCUT2D eigenvalue weighted by atomic mass is 79.9. The number of sulfonamides is 1. The van der Waals surface area contributed by atoms with Crippen molar-refractivity contribution in [3.05, 3.63) is 58.1 Å². The summed E-state index contributed by atoms with van der Waals surface area (Å²) >= 11 is 3.36. The van der Waals surface area contributed by atoms with Gasteiger partial charge in [-0.2, -0.15) is 0 Å². The first-order valence-corrected chi connectivity index (χ1v) is 8.59. The van der Waals surface area contributed by atoms with E-state index in [0.29, 0.717) is 5.75 Å². The molecule has 2 aromatic rings. The number of ether oxygens (including phenoxy) is 1. The lowest BCUT2D eigenvalue weighted by Crippen LogP contribution is -2.23. The molecule has 112 valence electrons. The van der Waals surface area contributed by atoms with Crippen LogP contribution >= 0.6 is 15.9 Å². The fourth-order valence-corrected chi connectivity index (χ4v) is 3.18. The molecule has 0 aliphatic carbocycles. The fraction of sp³-hybridized carbons (Fsp3) is 0.200. The van der Waals surface area contributed by atoms with Crippen LogP contribution in [0, 0.1) is 6.92 Å². The first-order valence-electron chi connectivity index (χ1n) is 6.31. The number of hydrogen-bond donors (Lipinski definition) is 1. The summed E-state index contributed by atoms with van der Waals surface area (Å²) in [5, 5.41) is 0. The lowest BCUT2D eigenvalue weighted by Gasteiger charge is -2.09. The van der Waals surface area contributed by atoms with Gasteiger partial charge in [0.2, 0.25) is 10.0 Å². The molecule has 6 heteroatoms. The molecule has 0 saturated heterocycles. The van der Waals surface area contributed by atoms with E-state index in [0.717, 1.165) is 15.6 Å². The highest BCUT2D eigenvalue weighted by molar-refractivity contribution is 9.10. The molecule has 2 rings (SSSR count). The van der Waals surface area contributed by atoms with Crippen molar-refractivity contribution < 1.29 is 13.2 Å². The minimum atomic E-state index is -3.53. The molecule has 0 radical (unpaired) electrons. The van der Waals surface area contributed by atoms with E-state index in [4.69, 9.17) is 4.74 Å². The lowest BCUT2D eigenvalue weighted by atomic mass is 10.2. The first kappa shape index (κ1) is 16.0. The van der Waals surface area contributed by atoms with Crippen LogP contribution in [0.25, 0.3) is 0 Å². The predicted octanol–water partition coefficient (Wildman–Crippen LogP) is 3.24. The van der Waals surface area contributed by atoms with Gasteiger partial charge >= 0.3 is 0 Å². The number of rotatable bonds is 5. The third kappa shape index (κ3) is 4.06. The largest absolute Gasteiger partial charge is 0.497 e. The van der Waals surface area contributed by atoms with Gasteiger partial charge in [-0.25, -0.2) is 13.1 Å². The van der Waals surface area contributed by atoms with Gasteiger partial charge in [0.25, 0.3) is 0 Å². The zero-order chi connectivity index (χ0) is 15.5. The maximum Gasteiger partial charge on any atom is 0.240 e. The predicted molar refractivity (Wildman–Crippen MR) is 85.9 cm³/mol. The molecule has 1 N–H and O–H groups in total. The molecule has 0 aliphatic heterocycles. The molecule has 0 aromatic heterocycles. The van der Waals surface area contributed by atoms with Gasteiger partial charge in [0.15, 0.2) is 0 Å². The molecule has 0 atom stereocenters. The lowest BCUT2D eigenvalue weighted by molar-refractivity contribution is 0.414. The smallest absolute Gasteiger partial charge is 0.240 e. The summed E-state index contributed by atoms with van der Waals surface area (Å²) in [6, 6.07) is 12.2. The third-order valence-electron chi connectivity index (χ3n) is 3.04. The topological polar surface area (TPSA) is 55.4 Å². The zero-order valence-electron chi connectivity index (χ0n) is 11.8. The van der Waals surface area contributed by atoms with Gasteiger partial charge < -0.3 is 4.74 Å². The average Bonchev–Trinajstić information content (AvgIpc) is 2.48. The van der Waals surface area contributed by atoms with Gasteiger partial charge in [-0.05, 0) is 48.4 Å². The van der Waals surface area contributed by atoms with Gasteiger partial charge in [0, 0.05) is 11.0 Å². The molecule has 0 saturated carbocycles. The molecule has 0 heterocycles. The van der Waals surface area contributed by atoms with Crippen LogP contribution in [0.3, 0.4) is 0 Å². The standard InChI is InChI=1S/C15H16BrNO3S/c1-11-8-14(6-7-15(11)16)21(18,19)17-10-12-4-3-5-13(9-12)20-2/h3-9,17H,10H2,1-2H3. The number of halogens is 1. The second-order valence-corrected chi connectivity index (χ2v) is 7.21. The summed E-state index contributed by atoms with van der Waals surface area (Å²) in [4.78, 5) is 0.256. The minimum Gasteiger partial charge on any atom is -0.497 e. The Bertz CT molecular complexity index is 744. The normalized spacial score (nSPS) is 11.4. The third-order valence-corrected chi connectivity index (χ3v) is 5.33. The average molecular weight is 370 g/mol. The van der Waals surface area contributed by atoms with Gasteiger partial charge in [-0.3, -0.25) is 0 Å². The Labute approximate surface area is 133 Å². The molecule has 2 aromatic carbocycles. The quantitative estimate of drug-likeness (QED) is 0.879. The van der Waals surface area contributed by atoms with E-state index >= 15 is 0 Å². The van der Waals surface area contributed by atoms with Crippen molar-refractivity contribution in [2.75, 3.05) is 7.11 Å². The van der Waals surface area contributed by atoms with Crippen molar-refractivity contribution in [3.63, 3.8) is 0 Å². The van der Waals surface area contributed by atoms with E-state index in [1.807, 2.05) is 25.1 Å². The number of benzene rings is 2. The Morgan fingerprint density at radius 1 is 1.19 bits per heavy atom. The van der Waals surface area contributed by atoms with Crippen LogP contribution < -0.4 is 9.46 Å². The van der Waals surface area contributed by atoms with Crippen LogP contribution in [0.2, 0.25) is 0 Å². The van der Waals surface area contributed by atoms with Crippen LogP contribution in [-0.2, 0) is 16.6 Å². The summed E-state index contributed by atoms with van der Waals surface area (Å²) in [6.45, 7) is 2.07. The van der Waals surface area contributed by atoms with E-state index in [1.54, 1.807) is 31.4 Å². The van der Waals surface area contributed by atoms with Crippen LogP contribution in [-0.4, -0.2) is 15.5 Å². The van der Waals surface area contributed by atoms with Gasteiger partial charge in [-0.1, -0.05) is 28.1 Å². The maximum absolute atomic E-state index is 12.3. The van der Waals surface area contributed by atoms with Crippen LogP contribution in [0.5, 0.6) is 5.75 Å². The van der Waals surface area contributed by atoms with Crippen molar-refractivity contribution in [2.24, 2.45) is 0 Å². The molecule has 0 amide bonds. The molecule has 0 unspecified atom stereocenters. The summed E-state index contributed by atoms with van der Waals surface area (Å²) in [5.74, 6) is 0.700. The SMILES string of the molecule is COc1cccc(CNS(=O)(=O)c2ccc(Br)c(C)c2)c1. The van der Waals surface area contributed by atoms with Crippen LogP contribution in [0.15, 0.2) is 51.8 Å². The number of methoxy groups -OCH3 is 1. The van der Waals surface area contributed by atoms with E-state index in [-0.39, 0.29) is 11.4 Å². The van der Waals surface area contributed by atoms with Gasteiger partial charge in [0.1, 0.15) is 5.75 Å². The highest BCUT2D eigenvalue weighted by Crippen LogP contribution is 2.20. The zero-order valence-corrected chi connectivity index (χ0v) is 14.2. The molecule has 0 aliphatic rings. The van der Waals surface area contributed by atoms with Crippen LogP contribution in [0.1, 0.15) is 11.1 Å². The molecule has 4 nitrogen and oxygen atoms in total. The Morgan fingerprint density at radius 2 is 1.95 bits per heavy atom. The van der Waals surface area contributed by atoms with E-state index in [1.165, 1.54) is 0 Å². The Balaban J connectivity index is 2.15. The second-order valence-electron chi connectivity index (χ2n) is 4.59. The van der Waals surface area contributed by atoms with Gasteiger partial charge in [-0.15, -0.1) is 0 Å². The van der Waals surface area contributed by atoms with Crippen molar-refractivity contribution in [2.45, 2.75) is 18.4 Å². The Morgan fingerprint density at radius 3 is 2.62 bits per heavy atom.